The van der Waals surface area contributed by atoms with Crippen molar-refractivity contribution in [2.75, 3.05) is 20.3 Å². The average Bonchev–Trinajstić information content (AvgIpc) is 2.86. The molecule has 0 fully saturated rings. The topological polar surface area (TPSA) is 51.1 Å². The monoisotopic (exact) mass is 337 g/mol. The Balaban J connectivity index is 1.61. The molecule has 1 aliphatic heterocycles. The summed E-state index contributed by atoms with van der Waals surface area (Å²) in [5, 5.41) is 0. The van der Waals surface area contributed by atoms with Crippen LogP contribution in [-0.2, 0) is 6.54 Å². The Bertz CT molecular complexity index is 764. The van der Waals surface area contributed by atoms with E-state index in [4.69, 9.17) is 4.74 Å². The minimum Gasteiger partial charge on any atom is -0.490 e. The first-order valence-corrected chi connectivity index (χ1v) is 8.19. The van der Waals surface area contributed by atoms with Gasteiger partial charge in [-0.3, -0.25) is 9.59 Å². The molecular formula is C20H21N2O3+. The molecule has 1 unspecified atom stereocenters. The van der Waals surface area contributed by atoms with Crippen LogP contribution in [0, 0.1) is 0 Å². The number of imide groups is 1. The Labute approximate surface area is 147 Å². The Morgan fingerprint density at radius 3 is 2.20 bits per heavy atom. The summed E-state index contributed by atoms with van der Waals surface area (Å²) < 4.78 is 5.46. The van der Waals surface area contributed by atoms with Crippen LogP contribution in [-0.4, -0.2) is 37.0 Å². The average molecular weight is 337 g/mol. The third-order valence-electron chi connectivity index (χ3n) is 4.10. The van der Waals surface area contributed by atoms with Crippen LogP contribution >= 0.6 is 0 Å². The fraction of sp³-hybridized carbons (Fsp3) is 0.200. The second-order valence-electron chi connectivity index (χ2n) is 6.12. The van der Waals surface area contributed by atoms with Gasteiger partial charge in [0.2, 0.25) is 0 Å². The number of nitrogens with one attached hydrogen (secondary N) is 1. The molecule has 0 spiro atoms. The predicted molar refractivity (Wildman–Crippen MR) is 94.5 cm³/mol. The summed E-state index contributed by atoms with van der Waals surface area (Å²) in [4.78, 5) is 27.2. The molecule has 1 N–H and O–H groups in total. The maximum absolute atomic E-state index is 12.4. The Morgan fingerprint density at radius 1 is 1.04 bits per heavy atom. The number of fused-ring (bicyclic) bond motifs is 1. The summed E-state index contributed by atoms with van der Waals surface area (Å²) in [6, 6.07) is 14.8. The number of quaternary nitrogens is 1. The van der Waals surface area contributed by atoms with Gasteiger partial charge in [-0.05, 0) is 36.4 Å². The van der Waals surface area contributed by atoms with Gasteiger partial charge in [-0.1, -0.05) is 24.8 Å². The number of ether oxygens (including phenoxy) is 1. The van der Waals surface area contributed by atoms with Gasteiger partial charge in [0.1, 0.15) is 18.9 Å². The highest BCUT2D eigenvalue weighted by Crippen LogP contribution is 2.21. The Hall–Kier alpha value is -2.92. The largest absolute Gasteiger partial charge is 0.490 e. The lowest BCUT2D eigenvalue weighted by atomic mass is 10.1. The van der Waals surface area contributed by atoms with E-state index in [0.29, 0.717) is 30.9 Å². The SMILES string of the molecule is C=CCOc1ccc(C[NH+](C)CN2C(=O)c3ccccc3C2=O)cc1. The number of hydrogen-bond donors (Lipinski definition) is 1. The van der Waals surface area contributed by atoms with E-state index in [-0.39, 0.29) is 11.8 Å². The third-order valence-corrected chi connectivity index (χ3v) is 4.10. The minimum absolute atomic E-state index is 0.215. The molecule has 5 nitrogen and oxygen atoms in total. The predicted octanol–water partition coefficient (Wildman–Crippen LogP) is 1.52. The number of carbonyl (C=O) groups is 2. The van der Waals surface area contributed by atoms with Gasteiger partial charge in [-0.25, -0.2) is 4.90 Å². The summed E-state index contributed by atoms with van der Waals surface area (Å²) in [6.07, 6.45) is 1.70. The van der Waals surface area contributed by atoms with Crippen molar-refractivity contribution in [3.05, 3.63) is 77.9 Å². The van der Waals surface area contributed by atoms with E-state index in [2.05, 4.69) is 6.58 Å². The zero-order valence-corrected chi connectivity index (χ0v) is 14.2. The van der Waals surface area contributed by atoms with Crippen molar-refractivity contribution in [3.63, 3.8) is 0 Å². The van der Waals surface area contributed by atoms with Crippen LogP contribution in [0.25, 0.3) is 0 Å². The molecule has 2 aromatic carbocycles. The van der Waals surface area contributed by atoms with Crippen molar-refractivity contribution < 1.29 is 19.2 Å². The van der Waals surface area contributed by atoms with Crippen LogP contribution in [0.4, 0.5) is 0 Å². The Morgan fingerprint density at radius 2 is 1.64 bits per heavy atom. The molecule has 0 aliphatic carbocycles. The lowest BCUT2D eigenvalue weighted by molar-refractivity contribution is -0.901. The summed E-state index contributed by atoms with van der Waals surface area (Å²) >= 11 is 0. The van der Waals surface area contributed by atoms with Crippen molar-refractivity contribution in [2.45, 2.75) is 6.54 Å². The maximum atomic E-state index is 12.4. The zero-order chi connectivity index (χ0) is 17.8. The molecule has 3 rings (SSSR count). The molecule has 5 heteroatoms. The van der Waals surface area contributed by atoms with E-state index in [1.807, 2.05) is 31.3 Å². The first-order chi connectivity index (χ1) is 12.1. The van der Waals surface area contributed by atoms with E-state index < -0.39 is 0 Å². The van der Waals surface area contributed by atoms with Crippen molar-refractivity contribution in [3.8, 4) is 5.75 Å². The number of rotatable bonds is 7. The molecule has 0 saturated heterocycles. The molecule has 0 aromatic heterocycles. The third kappa shape index (κ3) is 3.61. The minimum atomic E-state index is -0.215. The van der Waals surface area contributed by atoms with Crippen molar-refractivity contribution in [2.24, 2.45) is 0 Å². The van der Waals surface area contributed by atoms with Gasteiger partial charge in [-0.15, -0.1) is 0 Å². The van der Waals surface area contributed by atoms with Crippen molar-refractivity contribution in [1.82, 2.24) is 4.90 Å². The fourth-order valence-corrected chi connectivity index (χ4v) is 2.92. The molecule has 1 aliphatic rings. The van der Waals surface area contributed by atoms with E-state index in [9.17, 15) is 9.59 Å². The van der Waals surface area contributed by atoms with E-state index in [1.165, 1.54) is 4.90 Å². The maximum Gasteiger partial charge on any atom is 0.265 e. The number of hydrogen-bond acceptors (Lipinski definition) is 3. The number of amides is 2. The molecular weight excluding hydrogens is 316 g/mol. The highest BCUT2D eigenvalue weighted by molar-refractivity contribution is 6.21. The summed E-state index contributed by atoms with van der Waals surface area (Å²) in [5.74, 6) is 0.364. The molecule has 1 atom stereocenters. The van der Waals surface area contributed by atoms with Gasteiger partial charge >= 0.3 is 0 Å². The fourth-order valence-electron chi connectivity index (χ4n) is 2.92. The summed E-state index contributed by atoms with van der Waals surface area (Å²) in [5.41, 5.74) is 2.09. The molecule has 1 heterocycles. The van der Waals surface area contributed by atoms with E-state index in [0.717, 1.165) is 16.2 Å². The van der Waals surface area contributed by atoms with Gasteiger partial charge in [0.15, 0.2) is 6.67 Å². The molecule has 25 heavy (non-hydrogen) atoms. The molecule has 2 amide bonds. The van der Waals surface area contributed by atoms with Gasteiger partial charge in [0, 0.05) is 5.56 Å². The molecule has 128 valence electrons. The first-order valence-electron chi connectivity index (χ1n) is 8.19. The molecule has 0 bridgehead atoms. The lowest BCUT2D eigenvalue weighted by Crippen LogP contribution is -3.09. The van der Waals surface area contributed by atoms with Crippen molar-refractivity contribution in [1.29, 1.82) is 0 Å². The zero-order valence-electron chi connectivity index (χ0n) is 14.2. The van der Waals surface area contributed by atoms with E-state index >= 15 is 0 Å². The van der Waals surface area contributed by atoms with Crippen LogP contribution in [0.3, 0.4) is 0 Å². The second-order valence-corrected chi connectivity index (χ2v) is 6.12. The van der Waals surface area contributed by atoms with Gasteiger partial charge in [0.25, 0.3) is 11.8 Å². The molecule has 0 saturated carbocycles. The van der Waals surface area contributed by atoms with Gasteiger partial charge < -0.3 is 9.64 Å². The lowest BCUT2D eigenvalue weighted by Gasteiger charge is -2.20. The number of carbonyl (C=O) groups excluding carboxylic acids is 2. The van der Waals surface area contributed by atoms with Crippen LogP contribution in [0.5, 0.6) is 5.75 Å². The summed E-state index contributed by atoms with van der Waals surface area (Å²) in [7, 11) is 1.96. The standard InChI is InChI=1S/C20H20N2O3/c1-3-12-25-16-10-8-15(9-11-16)13-21(2)14-22-19(23)17-6-4-5-7-18(17)20(22)24/h3-11H,1,12-14H2,2H3/p+1. The van der Waals surface area contributed by atoms with Crippen LogP contribution in [0.15, 0.2) is 61.2 Å². The highest BCUT2D eigenvalue weighted by atomic mass is 16.5. The smallest absolute Gasteiger partial charge is 0.265 e. The molecule has 2 aromatic rings. The normalized spacial score (nSPS) is 14.4. The van der Waals surface area contributed by atoms with Crippen molar-refractivity contribution >= 4 is 11.8 Å². The summed E-state index contributed by atoms with van der Waals surface area (Å²) in [6.45, 7) is 5.14. The van der Waals surface area contributed by atoms with E-state index in [1.54, 1.807) is 30.3 Å². The highest BCUT2D eigenvalue weighted by Gasteiger charge is 2.36. The Kier molecular flexibility index (Phi) is 4.95. The van der Waals surface area contributed by atoms with Crippen LogP contribution in [0.1, 0.15) is 26.3 Å². The second kappa shape index (κ2) is 7.32. The van der Waals surface area contributed by atoms with Gasteiger partial charge in [-0.2, -0.15) is 0 Å². The van der Waals surface area contributed by atoms with Crippen LogP contribution < -0.4 is 9.64 Å². The number of nitrogens with zero attached hydrogens (tertiary/aromatic N) is 1. The quantitative estimate of drug-likeness (QED) is 0.616. The van der Waals surface area contributed by atoms with Crippen LogP contribution in [0.2, 0.25) is 0 Å². The van der Waals surface area contributed by atoms with Gasteiger partial charge in [0.05, 0.1) is 18.2 Å². The number of benzene rings is 2. The molecule has 0 radical (unpaired) electrons. The first kappa shape index (κ1) is 16.9.